The van der Waals surface area contributed by atoms with Crippen molar-refractivity contribution in [3.05, 3.63) is 29.8 Å². The van der Waals surface area contributed by atoms with Crippen LogP contribution in [0.4, 0.5) is 0 Å². The number of hydrogen-bond acceptors (Lipinski definition) is 4. The van der Waals surface area contributed by atoms with Crippen LogP contribution in [-0.2, 0) is 16.6 Å². The average Bonchev–Trinajstić information content (AvgIpc) is 2.48. The number of hydrogen-bond donors (Lipinski definition) is 2. The molecule has 2 atom stereocenters. The van der Waals surface area contributed by atoms with E-state index in [1.165, 1.54) is 0 Å². The molecule has 20 heavy (non-hydrogen) atoms. The van der Waals surface area contributed by atoms with Crippen LogP contribution in [0.5, 0.6) is 0 Å². The Balaban J connectivity index is 0.00000147. The Morgan fingerprint density at radius 3 is 2.65 bits per heavy atom. The summed E-state index contributed by atoms with van der Waals surface area (Å²) < 4.78 is 27.4. The number of nitrogens with two attached hydrogens (primary N) is 1. The van der Waals surface area contributed by atoms with E-state index >= 15 is 0 Å². The predicted octanol–water partition coefficient (Wildman–Crippen LogP) is 1.11. The predicted molar refractivity (Wildman–Crippen MR) is 79.5 cm³/mol. The molecule has 3 heterocycles. The van der Waals surface area contributed by atoms with Crippen LogP contribution >= 0.6 is 0 Å². The number of sulfonamides is 1. The van der Waals surface area contributed by atoms with Gasteiger partial charge in [-0.1, -0.05) is 19.6 Å². The lowest BCUT2D eigenvalue weighted by Crippen LogP contribution is -2.52. The third-order valence-electron chi connectivity index (χ3n) is 4.07. The molecule has 3 aliphatic rings. The topological polar surface area (TPSA) is 75.4 Å². The molecule has 0 saturated carbocycles. The van der Waals surface area contributed by atoms with Crippen LogP contribution in [0.2, 0.25) is 0 Å². The summed E-state index contributed by atoms with van der Waals surface area (Å²) in [6.45, 7) is 2.29. The van der Waals surface area contributed by atoms with Crippen molar-refractivity contribution in [2.45, 2.75) is 37.9 Å². The fourth-order valence-electron chi connectivity index (χ4n) is 2.87. The summed E-state index contributed by atoms with van der Waals surface area (Å²) in [6.07, 6.45) is 1.68. The zero-order valence-electron chi connectivity index (χ0n) is 10.7. The summed E-state index contributed by atoms with van der Waals surface area (Å²) in [4.78, 5) is 2.54. The second-order valence-electron chi connectivity index (χ2n) is 5.38. The van der Waals surface area contributed by atoms with E-state index in [0.29, 0.717) is 17.4 Å². The molecule has 1 aromatic rings. The highest BCUT2D eigenvalue weighted by Gasteiger charge is 2.32. The second kappa shape index (κ2) is 5.81. The van der Waals surface area contributed by atoms with Gasteiger partial charge in [-0.2, -0.15) is 4.72 Å². The molecule has 1 aromatic carbocycles. The Morgan fingerprint density at radius 2 is 2.00 bits per heavy atom. The molecule has 3 aliphatic heterocycles. The highest BCUT2D eigenvalue weighted by Crippen LogP contribution is 2.26. The summed E-state index contributed by atoms with van der Waals surface area (Å²) in [6, 6.07) is 7.14. The van der Waals surface area contributed by atoms with Gasteiger partial charge in [0, 0.05) is 13.1 Å². The summed E-state index contributed by atoms with van der Waals surface area (Å²) in [5, 5.41) is 0. The second-order valence-corrected chi connectivity index (χ2v) is 7.09. The van der Waals surface area contributed by atoms with Crippen molar-refractivity contribution in [1.29, 1.82) is 0 Å². The van der Waals surface area contributed by atoms with Gasteiger partial charge in [0.15, 0.2) is 0 Å². The molecule has 1 saturated heterocycles. The van der Waals surface area contributed by atoms with E-state index in [-0.39, 0.29) is 13.6 Å². The monoisotopic (exact) mass is 297 g/mol. The lowest BCUT2D eigenvalue weighted by Gasteiger charge is -2.38. The lowest BCUT2D eigenvalue weighted by atomic mass is 9.94. The van der Waals surface area contributed by atoms with E-state index in [0.717, 1.165) is 31.5 Å². The molecule has 2 unspecified atom stereocenters. The number of nitrogens with one attached hydrogen (secondary N) is 1. The Bertz CT molecular complexity index is 556. The smallest absolute Gasteiger partial charge is 0.241 e. The van der Waals surface area contributed by atoms with Crippen LogP contribution in [0.15, 0.2) is 29.2 Å². The van der Waals surface area contributed by atoms with Crippen LogP contribution in [-0.4, -0.2) is 32.6 Å². The van der Waals surface area contributed by atoms with Crippen molar-refractivity contribution < 1.29 is 8.42 Å². The maximum absolute atomic E-state index is 12.3. The standard InChI is InChI=1S/C13H19N3O2S.CH4/c14-8-11-5-6-16-9-10-1-3-12(4-2-10)19(17,18)15-13(16)7-11;/h1-4,11,13,15H,5-9,14H2;1H4. The van der Waals surface area contributed by atoms with Gasteiger partial charge in [0.1, 0.15) is 0 Å². The first kappa shape index (κ1) is 15.4. The van der Waals surface area contributed by atoms with Crippen molar-refractivity contribution >= 4 is 10.0 Å². The molecule has 0 spiro atoms. The maximum Gasteiger partial charge on any atom is 0.241 e. The fourth-order valence-corrected chi connectivity index (χ4v) is 4.10. The molecule has 0 aromatic heterocycles. The Morgan fingerprint density at radius 1 is 1.30 bits per heavy atom. The first-order valence-corrected chi connectivity index (χ1v) is 8.12. The quantitative estimate of drug-likeness (QED) is 0.814. The van der Waals surface area contributed by atoms with Gasteiger partial charge in [-0.3, -0.25) is 4.90 Å². The fraction of sp³-hybridized carbons (Fsp3) is 0.571. The number of piperidine rings is 1. The zero-order chi connectivity index (χ0) is 13.5. The third kappa shape index (κ3) is 2.88. The Hall–Kier alpha value is -0.950. The minimum Gasteiger partial charge on any atom is -0.330 e. The number of rotatable bonds is 1. The Labute approximate surface area is 121 Å². The molecular weight excluding hydrogens is 274 g/mol. The number of fused-ring (bicyclic) bond motifs is 3. The summed E-state index contributed by atoms with van der Waals surface area (Å²) in [5.41, 5.74) is 6.88. The molecule has 3 N–H and O–H groups in total. The zero-order valence-corrected chi connectivity index (χ0v) is 11.6. The normalized spacial score (nSPS) is 28.6. The van der Waals surface area contributed by atoms with Crippen molar-refractivity contribution in [1.82, 2.24) is 9.62 Å². The van der Waals surface area contributed by atoms with Crippen LogP contribution in [0.1, 0.15) is 25.8 Å². The molecule has 2 bridgehead atoms. The number of nitrogens with zero attached hydrogens (tertiary/aromatic N) is 1. The van der Waals surface area contributed by atoms with Crippen molar-refractivity contribution in [2.75, 3.05) is 13.1 Å². The van der Waals surface area contributed by atoms with Crippen LogP contribution in [0.25, 0.3) is 0 Å². The molecule has 0 radical (unpaired) electrons. The molecule has 0 aliphatic carbocycles. The highest BCUT2D eigenvalue weighted by atomic mass is 32.2. The van der Waals surface area contributed by atoms with E-state index in [1.807, 2.05) is 12.1 Å². The minimum atomic E-state index is -3.42. The van der Waals surface area contributed by atoms with Gasteiger partial charge < -0.3 is 5.73 Å². The van der Waals surface area contributed by atoms with Gasteiger partial charge in [-0.15, -0.1) is 0 Å². The van der Waals surface area contributed by atoms with E-state index in [2.05, 4.69) is 9.62 Å². The van der Waals surface area contributed by atoms with E-state index in [9.17, 15) is 8.42 Å². The minimum absolute atomic E-state index is 0. The lowest BCUT2D eigenvalue weighted by molar-refractivity contribution is 0.0995. The van der Waals surface area contributed by atoms with E-state index < -0.39 is 10.0 Å². The van der Waals surface area contributed by atoms with Crippen LogP contribution in [0.3, 0.4) is 0 Å². The maximum atomic E-state index is 12.3. The van der Waals surface area contributed by atoms with Gasteiger partial charge >= 0.3 is 0 Å². The SMILES string of the molecule is C.NCC1CCN2Cc3ccc(cc3)S(=O)(=O)NC2C1. The molecule has 4 rings (SSSR count). The molecule has 5 nitrogen and oxygen atoms in total. The first-order chi connectivity index (χ1) is 9.08. The first-order valence-electron chi connectivity index (χ1n) is 6.64. The van der Waals surface area contributed by atoms with Crippen molar-refractivity contribution in [3.8, 4) is 0 Å². The van der Waals surface area contributed by atoms with Gasteiger partial charge in [0.05, 0.1) is 11.1 Å². The largest absolute Gasteiger partial charge is 0.330 e. The van der Waals surface area contributed by atoms with Gasteiger partial charge in [-0.25, -0.2) is 8.42 Å². The average molecular weight is 297 g/mol. The molecule has 6 heteroatoms. The van der Waals surface area contributed by atoms with Crippen molar-refractivity contribution in [3.63, 3.8) is 0 Å². The molecule has 1 fully saturated rings. The third-order valence-corrected chi connectivity index (χ3v) is 5.54. The van der Waals surface area contributed by atoms with Crippen LogP contribution in [0, 0.1) is 5.92 Å². The van der Waals surface area contributed by atoms with E-state index in [1.54, 1.807) is 12.1 Å². The molecule has 0 amide bonds. The van der Waals surface area contributed by atoms with Crippen molar-refractivity contribution in [2.24, 2.45) is 11.7 Å². The summed E-state index contributed by atoms with van der Waals surface area (Å²) in [7, 11) is -3.42. The summed E-state index contributed by atoms with van der Waals surface area (Å²) >= 11 is 0. The van der Waals surface area contributed by atoms with Crippen LogP contribution < -0.4 is 10.5 Å². The Kier molecular flexibility index (Phi) is 4.49. The van der Waals surface area contributed by atoms with Gasteiger partial charge in [0.25, 0.3) is 0 Å². The van der Waals surface area contributed by atoms with E-state index in [4.69, 9.17) is 5.73 Å². The van der Waals surface area contributed by atoms with Gasteiger partial charge in [0.2, 0.25) is 10.0 Å². The van der Waals surface area contributed by atoms with Gasteiger partial charge in [-0.05, 0) is 43.0 Å². The molecule has 112 valence electrons. The summed E-state index contributed by atoms with van der Waals surface area (Å²) in [5.74, 6) is 0.401. The molecular formula is C14H23N3O2S. The highest BCUT2D eigenvalue weighted by molar-refractivity contribution is 7.89. The number of benzene rings is 1.